The maximum absolute atomic E-state index is 10.9. The second-order valence-corrected chi connectivity index (χ2v) is 3.57. The molecular formula is C6H8O2S. The lowest BCUT2D eigenvalue weighted by Crippen LogP contribution is -2.24. The molecule has 1 aliphatic heterocycles. The van der Waals surface area contributed by atoms with Crippen LogP contribution in [0.3, 0.4) is 0 Å². The van der Waals surface area contributed by atoms with Crippen LogP contribution < -0.4 is 0 Å². The summed E-state index contributed by atoms with van der Waals surface area (Å²) in [5.41, 5.74) is -0.704. The zero-order valence-corrected chi connectivity index (χ0v) is 6.25. The van der Waals surface area contributed by atoms with Crippen molar-refractivity contribution in [2.45, 2.75) is 13.8 Å². The minimum Gasteiger partial charge on any atom is -0.298 e. The van der Waals surface area contributed by atoms with E-state index >= 15 is 0 Å². The minimum atomic E-state index is -0.704. The lowest BCUT2D eigenvalue weighted by molar-refractivity contribution is -0.130. The van der Waals surface area contributed by atoms with Crippen LogP contribution in [0.15, 0.2) is 0 Å². The predicted octanol–water partition coefficient (Wildman–Crippen LogP) is 0.855. The van der Waals surface area contributed by atoms with Crippen molar-refractivity contribution in [2.24, 2.45) is 5.41 Å². The lowest BCUT2D eigenvalue weighted by atomic mass is 9.91. The molecular weight excluding hydrogens is 136 g/mol. The standard InChI is InChI=1S/C6H8O2S/c1-6(2)4(7)3-9-5(6)8/h3H2,1-2H3. The van der Waals surface area contributed by atoms with E-state index in [2.05, 4.69) is 0 Å². The van der Waals surface area contributed by atoms with E-state index < -0.39 is 5.41 Å². The Morgan fingerprint density at radius 2 is 2.00 bits per heavy atom. The second kappa shape index (κ2) is 1.84. The van der Waals surface area contributed by atoms with E-state index in [1.165, 1.54) is 0 Å². The van der Waals surface area contributed by atoms with Crippen LogP contribution in [0, 0.1) is 5.41 Å². The number of carbonyl (C=O) groups is 2. The Kier molecular flexibility index (Phi) is 1.39. The Labute approximate surface area is 58.0 Å². The molecule has 3 heteroatoms. The number of hydrogen-bond acceptors (Lipinski definition) is 3. The van der Waals surface area contributed by atoms with Gasteiger partial charge in [-0.2, -0.15) is 0 Å². The Morgan fingerprint density at radius 1 is 1.44 bits per heavy atom. The van der Waals surface area contributed by atoms with Crippen molar-refractivity contribution in [3.63, 3.8) is 0 Å². The highest BCUT2D eigenvalue weighted by atomic mass is 32.2. The molecule has 0 amide bonds. The van der Waals surface area contributed by atoms with Gasteiger partial charge in [0.25, 0.3) is 0 Å². The van der Waals surface area contributed by atoms with Gasteiger partial charge >= 0.3 is 0 Å². The van der Waals surface area contributed by atoms with Crippen molar-refractivity contribution in [3.8, 4) is 0 Å². The molecule has 50 valence electrons. The molecule has 1 aliphatic rings. The smallest absolute Gasteiger partial charge is 0.202 e. The van der Waals surface area contributed by atoms with E-state index in [4.69, 9.17) is 0 Å². The van der Waals surface area contributed by atoms with Gasteiger partial charge in [-0.1, -0.05) is 11.8 Å². The summed E-state index contributed by atoms with van der Waals surface area (Å²) >= 11 is 1.12. The van der Waals surface area contributed by atoms with E-state index in [1.807, 2.05) is 0 Å². The summed E-state index contributed by atoms with van der Waals surface area (Å²) in [5.74, 6) is 0.420. The Balaban J connectivity index is 2.91. The van der Waals surface area contributed by atoms with Crippen LogP contribution >= 0.6 is 11.8 Å². The maximum atomic E-state index is 10.9. The molecule has 1 saturated heterocycles. The van der Waals surface area contributed by atoms with Crippen LogP contribution in [0.5, 0.6) is 0 Å². The third kappa shape index (κ3) is 0.894. The molecule has 2 nitrogen and oxygen atoms in total. The fourth-order valence-corrected chi connectivity index (χ4v) is 1.70. The molecule has 0 spiro atoms. The monoisotopic (exact) mass is 144 g/mol. The highest BCUT2D eigenvalue weighted by Gasteiger charge is 2.41. The fourth-order valence-electron chi connectivity index (χ4n) is 0.606. The van der Waals surface area contributed by atoms with Crippen molar-refractivity contribution in [1.82, 2.24) is 0 Å². The van der Waals surface area contributed by atoms with Crippen molar-refractivity contribution in [2.75, 3.05) is 5.75 Å². The van der Waals surface area contributed by atoms with E-state index in [9.17, 15) is 9.59 Å². The molecule has 0 aliphatic carbocycles. The van der Waals surface area contributed by atoms with Crippen LogP contribution in [0.4, 0.5) is 0 Å². The Hall–Kier alpha value is -0.310. The first-order chi connectivity index (χ1) is 4.05. The summed E-state index contributed by atoms with van der Waals surface area (Å²) in [6.07, 6.45) is 0. The van der Waals surface area contributed by atoms with E-state index in [1.54, 1.807) is 13.8 Å². The average Bonchev–Trinajstić information content (AvgIpc) is 1.96. The summed E-state index contributed by atoms with van der Waals surface area (Å²) in [7, 11) is 0. The van der Waals surface area contributed by atoms with Crippen LogP contribution in [0.1, 0.15) is 13.8 Å². The van der Waals surface area contributed by atoms with E-state index in [0.29, 0.717) is 5.75 Å². The number of hydrogen-bond donors (Lipinski definition) is 0. The number of ketones is 1. The van der Waals surface area contributed by atoms with Crippen LogP contribution in [0.25, 0.3) is 0 Å². The summed E-state index contributed by atoms with van der Waals surface area (Å²) in [5, 5.41) is 0.00694. The van der Waals surface area contributed by atoms with Gasteiger partial charge < -0.3 is 0 Å². The van der Waals surface area contributed by atoms with Gasteiger partial charge in [-0.3, -0.25) is 9.59 Å². The summed E-state index contributed by atoms with van der Waals surface area (Å²) in [6, 6.07) is 0. The first-order valence-corrected chi connectivity index (χ1v) is 3.74. The van der Waals surface area contributed by atoms with Crippen molar-refractivity contribution >= 4 is 22.7 Å². The van der Waals surface area contributed by atoms with Crippen LogP contribution in [-0.2, 0) is 9.59 Å². The fraction of sp³-hybridized carbons (Fsp3) is 0.667. The zero-order chi connectivity index (χ0) is 7.07. The molecule has 0 unspecified atom stereocenters. The first-order valence-electron chi connectivity index (χ1n) is 2.75. The van der Waals surface area contributed by atoms with Crippen molar-refractivity contribution in [1.29, 1.82) is 0 Å². The van der Waals surface area contributed by atoms with Gasteiger partial charge in [-0.25, -0.2) is 0 Å². The molecule has 0 aromatic rings. The molecule has 0 N–H and O–H groups in total. The largest absolute Gasteiger partial charge is 0.298 e. The maximum Gasteiger partial charge on any atom is 0.202 e. The van der Waals surface area contributed by atoms with Crippen LogP contribution in [0.2, 0.25) is 0 Å². The molecule has 9 heavy (non-hydrogen) atoms. The second-order valence-electron chi connectivity index (χ2n) is 2.62. The molecule has 1 heterocycles. The van der Waals surface area contributed by atoms with E-state index in [0.717, 1.165) is 11.8 Å². The molecule has 0 radical (unpaired) electrons. The molecule has 0 aromatic heterocycles. The lowest BCUT2D eigenvalue weighted by Gasteiger charge is -2.09. The summed E-state index contributed by atoms with van der Waals surface area (Å²) in [6.45, 7) is 3.36. The summed E-state index contributed by atoms with van der Waals surface area (Å²) < 4.78 is 0. The number of carbonyl (C=O) groups excluding carboxylic acids is 2. The highest BCUT2D eigenvalue weighted by molar-refractivity contribution is 8.15. The quantitative estimate of drug-likeness (QED) is 0.473. The van der Waals surface area contributed by atoms with Crippen molar-refractivity contribution < 1.29 is 9.59 Å². The average molecular weight is 144 g/mol. The third-order valence-corrected chi connectivity index (χ3v) is 2.72. The molecule has 0 saturated carbocycles. The normalized spacial score (nSPS) is 25.1. The van der Waals surface area contributed by atoms with Gasteiger partial charge in [-0.05, 0) is 13.8 Å². The van der Waals surface area contributed by atoms with Gasteiger partial charge in [0.05, 0.1) is 11.2 Å². The third-order valence-electron chi connectivity index (χ3n) is 1.54. The van der Waals surface area contributed by atoms with Crippen LogP contribution in [-0.4, -0.2) is 16.7 Å². The predicted molar refractivity (Wildman–Crippen MR) is 36.3 cm³/mol. The molecule has 1 rings (SSSR count). The summed E-state index contributed by atoms with van der Waals surface area (Å²) in [4.78, 5) is 21.7. The minimum absolute atomic E-state index is 0.00694. The van der Waals surface area contributed by atoms with Gasteiger partial charge in [0.15, 0.2) is 5.78 Å². The number of thioether (sulfide) groups is 1. The Morgan fingerprint density at radius 3 is 2.11 bits per heavy atom. The van der Waals surface area contributed by atoms with Gasteiger partial charge in [0, 0.05) is 0 Å². The Bertz CT molecular complexity index is 154. The number of rotatable bonds is 0. The van der Waals surface area contributed by atoms with E-state index in [-0.39, 0.29) is 10.9 Å². The SMILES string of the molecule is CC1(C)C(=O)CSC1=O. The van der Waals surface area contributed by atoms with Gasteiger partial charge in [0.2, 0.25) is 5.12 Å². The zero-order valence-electron chi connectivity index (χ0n) is 5.43. The van der Waals surface area contributed by atoms with Crippen molar-refractivity contribution in [3.05, 3.63) is 0 Å². The van der Waals surface area contributed by atoms with Gasteiger partial charge in [0.1, 0.15) is 0 Å². The number of Topliss-reactive ketones (excluding diaryl/α,β-unsaturated/α-hetero) is 1. The molecule has 0 atom stereocenters. The molecule has 0 aromatic carbocycles. The topological polar surface area (TPSA) is 34.1 Å². The molecule has 0 bridgehead atoms. The van der Waals surface area contributed by atoms with Gasteiger partial charge in [-0.15, -0.1) is 0 Å². The highest BCUT2D eigenvalue weighted by Crippen LogP contribution is 2.32. The first kappa shape index (κ1) is 6.81. The molecule has 1 fully saturated rings.